The smallest absolute Gasteiger partial charge is 0.245 e. The number of nitrogens with two attached hydrogens (primary N) is 1. The Bertz CT molecular complexity index is 697. The largest absolute Gasteiger partial charge is 0.399 e. The van der Waals surface area contributed by atoms with E-state index in [4.69, 9.17) is 5.73 Å². The molecule has 1 saturated heterocycles. The molecule has 2 aromatic rings. The highest BCUT2D eigenvalue weighted by molar-refractivity contribution is 7.22. The number of benzene rings is 1. The first-order chi connectivity index (χ1) is 10.1. The minimum Gasteiger partial charge on any atom is -0.399 e. The van der Waals surface area contributed by atoms with Gasteiger partial charge in [0.2, 0.25) is 11.8 Å². The summed E-state index contributed by atoms with van der Waals surface area (Å²) >= 11 is 1.38. The van der Waals surface area contributed by atoms with E-state index in [1.54, 1.807) is 11.0 Å². The molecule has 0 bridgehead atoms. The van der Waals surface area contributed by atoms with E-state index < -0.39 is 0 Å². The first-order valence-electron chi connectivity index (χ1n) is 6.85. The van der Waals surface area contributed by atoms with Crippen molar-refractivity contribution < 1.29 is 9.59 Å². The van der Waals surface area contributed by atoms with E-state index in [2.05, 4.69) is 10.3 Å². The van der Waals surface area contributed by atoms with Gasteiger partial charge in [-0.15, -0.1) is 0 Å². The molecule has 3 rings (SSSR count). The molecule has 2 heterocycles. The lowest BCUT2D eigenvalue weighted by Gasteiger charge is -2.25. The second-order valence-corrected chi connectivity index (χ2v) is 6.10. The highest BCUT2D eigenvalue weighted by atomic mass is 32.1. The van der Waals surface area contributed by atoms with Crippen LogP contribution in [0.5, 0.6) is 0 Å². The third-order valence-corrected chi connectivity index (χ3v) is 4.35. The molecule has 2 amide bonds. The zero-order valence-electron chi connectivity index (χ0n) is 11.5. The number of nitrogens with one attached hydrogen (secondary N) is 1. The van der Waals surface area contributed by atoms with Crippen molar-refractivity contribution in [1.82, 2.24) is 9.88 Å². The molecule has 1 aromatic heterocycles. The third kappa shape index (κ3) is 3.13. The minimum atomic E-state index is -0.211. The van der Waals surface area contributed by atoms with E-state index in [-0.39, 0.29) is 18.4 Å². The van der Waals surface area contributed by atoms with Crippen molar-refractivity contribution in [2.24, 2.45) is 0 Å². The van der Waals surface area contributed by atoms with Gasteiger partial charge in [0, 0.05) is 18.7 Å². The molecular weight excluding hydrogens is 288 g/mol. The maximum absolute atomic E-state index is 12.0. The summed E-state index contributed by atoms with van der Waals surface area (Å²) in [6.45, 7) is 0.750. The van der Waals surface area contributed by atoms with Crippen LogP contribution in [0.25, 0.3) is 10.2 Å². The van der Waals surface area contributed by atoms with Crippen molar-refractivity contribution in [2.45, 2.75) is 19.3 Å². The lowest BCUT2D eigenvalue weighted by molar-refractivity contribution is -0.136. The maximum Gasteiger partial charge on any atom is 0.245 e. The highest BCUT2D eigenvalue weighted by Crippen LogP contribution is 2.27. The van der Waals surface area contributed by atoms with Gasteiger partial charge in [0.05, 0.1) is 16.8 Å². The molecule has 0 atom stereocenters. The zero-order chi connectivity index (χ0) is 14.8. The quantitative estimate of drug-likeness (QED) is 0.847. The Balaban J connectivity index is 1.66. The average molecular weight is 304 g/mol. The van der Waals surface area contributed by atoms with Gasteiger partial charge in [-0.3, -0.25) is 9.59 Å². The van der Waals surface area contributed by atoms with Crippen LogP contribution in [0.3, 0.4) is 0 Å². The van der Waals surface area contributed by atoms with Crippen LogP contribution in [0.1, 0.15) is 19.3 Å². The van der Waals surface area contributed by atoms with Crippen LogP contribution in [0.4, 0.5) is 10.8 Å². The Kier molecular flexibility index (Phi) is 3.74. The van der Waals surface area contributed by atoms with Crippen LogP contribution in [-0.2, 0) is 9.59 Å². The third-order valence-electron chi connectivity index (χ3n) is 3.41. The molecule has 0 spiro atoms. The summed E-state index contributed by atoms with van der Waals surface area (Å²) in [5, 5.41) is 3.28. The van der Waals surface area contributed by atoms with Gasteiger partial charge in [-0.05, 0) is 31.0 Å². The van der Waals surface area contributed by atoms with Gasteiger partial charge in [-0.1, -0.05) is 11.3 Å². The maximum atomic E-state index is 12.0. The van der Waals surface area contributed by atoms with Crippen LogP contribution in [0.2, 0.25) is 0 Å². The first-order valence-corrected chi connectivity index (χ1v) is 7.67. The topological polar surface area (TPSA) is 88.3 Å². The molecule has 3 N–H and O–H groups in total. The van der Waals surface area contributed by atoms with Crippen molar-refractivity contribution in [2.75, 3.05) is 24.1 Å². The van der Waals surface area contributed by atoms with Crippen LogP contribution in [-0.4, -0.2) is 34.8 Å². The number of anilines is 2. The molecule has 6 nitrogen and oxygen atoms in total. The summed E-state index contributed by atoms with van der Waals surface area (Å²) in [4.78, 5) is 29.6. The second-order valence-electron chi connectivity index (χ2n) is 5.07. The van der Waals surface area contributed by atoms with Crippen molar-refractivity contribution in [3.05, 3.63) is 18.2 Å². The zero-order valence-corrected chi connectivity index (χ0v) is 12.3. The number of amides is 2. The summed E-state index contributed by atoms with van der Waals surface area (Å²) in [5.41, 5.74) is 7.19. The molecule has 1 fully saturated rings. The van der Waals surface area contributed by atoms with Crippen LogP contribution >= 0.6 is 11.3 Å². The number of fused-ring (bicyclic) bond motifs is 1. The first kappa shape index (κ1) is 13.8. The lowest BCUT2D eigenvalue weighted by atomic mass is 10.1. The molecule has 110 valence electrons. The summed E-state index contributed by atoms with van der Waals surface area (Å²) in [6.07, 6.45) is 2.41. The molecule has 0 radical (unpaired) electrons. The predicted octanol–water partition coefficient (Wildman–Crippen LogP) is 1.83. The molecule has 1 aliphatic rings. The van der Waals surface area contributed by atoms with Crippen molar-refractivity contribution >= 4 is 44.2 Å². The van der Waals surface area contributed by atoms with Gasteiger partial charge < -0.3 is 16.0 Å². The van der Waals surface area contributed by atoms with E-state index in [1.165, 1.54) is 11.3 Å². The van der Waals surface area contributed by atoms with Gasteiger partial charge in [0.25, 0.3) is 0 Å². The van der Waals surface area contributed by atoms with Crippen molar-refractivity contribution in [1.29, 1.82) is 0 Å². The van der Waals surface area contributed by atoms with Gasteiger partial charge in [-0.2, -0.15) is 0 Å². The molecule has 21 heavy (non-hydrogen) atoms. The Morgan fingerprint density at radius 1 is 1.43 bits per heavy atom. The number of thiazole rings is 1. The normalized spacial score (nSPS) is 15.4. The fourth-order valence-electron chi connectivity index (χ4n) is 2.36. The molecule has 7 heteroatoms. The summed E-state index contributed by atoms with van der Waals surface area (Å²) in [7, 11) is 0. The number of rotatable bonds is 3. The van der Waals surface area contributed by atoms with E-state index in [0.29, 0.717) is 23.8 Å². The molecule has 0 unspecified atom stereocenters. The Morgan fingerprint density at radius 2 is 2.29 bits per heavy atom. The van der Waals surface area contributed by atoms with Crippen LogP contribution in [0.15, 0.2) is 18.2 Å². The van der Waals surface area contributed by atoms with Gasteiger partial charge in [-0.25, -0.2) is 4.98 Å². The number of hydrogen-bond acceptors (Lipinski definition) is 5. The van der Waals surface area contributed by atoms with E-state index in [0.717, 1.165) is 23.1 Å². The predicted molar refractivity (Wildman–Crippen MR) is 83.1 cm³/mol. The van der Waals surface area contributed by atoms with Crippen LogP contribution in [0, 0.1) is 0 Å². The number of carbonyl (C=O) groups excluding carboxylic acids is 2. The van der Waals surface area contributed by atoms with E-state index in [9.17, 15) is 9.59 Å². The molecule has 1 aromatic carbocycles. The molecule has 0 aliphatic carbocycles. The SMILES string of the molecule is Nc1ccc2nc(NC(=O)CN3CCCCC3=O)sc2c1. The Labute approximate surface area is 125 Å². The number of carbonyl (C=O) groups is 2. The molecule has 1 aliphatic heterocycles. The van der Waals surface area contributed by atoms with E-state index in [1.807, 2.05) is 12.1 Å². The van der Waals surface area contributed by atoms with Crippen molar-refractivity contribution in [3.63, 3.8) is 0 Å². The minimum absolute atomic E-state index is 0.0495. The standard InChI is InChI=1S/C14H16N4O2S/c15-9-4-5-10-11(7-9)21-14(16-10)17-12(19)8-18-6-2-1-3-13(18)20/h4-5,7H,1-3,6,8,15H2,(H,16,17,19). The average Bonchev–Trinajstić information content (AvgIpc) is 2.82. The number of nitrogens with zero attached hydrogens (tertiary/aromatic N) is 2. The number of hydrogen-bond donors (Lipinski definition) is 2. The Hall–Kier alpha value is -2.15. The molecule has 0 saturated carbocycles. The highest BCUT2D eigenvalue weighted by Gasteiger charge is 2.20. The number of nitrogen functional groups attached to an aromatic ring is 1. The summed E-state index contributed by atoms with van der Waals surface area (Å²) in [5.74, 6) is -0.161. The van der Waals surface area contributed by atoms with Crippen molar-refractivity contribution in [3.8, 4) is 0 Å². The Morgan fingerprint density at radius 3 is 3.10 bits per heavy atom. The number of piperidine rings is 1. The fraction of sp³-hybridized carbons (Fsp3) is 0.357. The van der Waals surface area contributed by atoms with Gasteiger partial charge in [0.15, 0.2) is 5.13 Å². The number of aromatic nitrogens is 1. The van der Waals surface area contributed by atoms with Crippen LogP contribution < -0.4 is 11.1 Å². The van der Waals surface area contributed by atoms with Gasteiger partial charge >= 0.3 is 0 Å². The lowest BCUT2D eigenvalue weighted by Crippen LogP contribution is -2.40. The summed E-state index contributed by atoms with van der Waals surface area (Å²) < 4.78 is 0.930. The second kappa shape index (κ2) is 5.69. The number of likely N-dealkylation sites (tertiary alicyclic amines) is 1. The van der Waals surface area contributed by atoms with E-state index >= 15 is 0 Å². The molecular formula is C14H16N4O2S. The van der Waals surface area contributed by atoms with Gasteiger partial charge in [0.1, 0.15) is 0 Å². The fourth-order valence-corrected chi connectivity index (χ4v) is 3.29. The monoisotopic (exact) mass is 304 g/mol. The summed E-state index contributed by atoms with van der Waals surface area (Å²) in [6, 6.07) is 5.43.